The van der Waals surface area contributed by atoms with Crippen LogP contribution < -0.4 is 0 Å². The van der Waals surface area contributed by atoms with Crippen LogP contribution in [0.4, 0.5) is 0 Å². The van der Waals surface area contributed by atoms with Gasteiger partial charge in [-0.05, 0) is 30.9 Å². The molecule has 4 nitrogen and oxygen atoms in total. The predicted octanol–water partition coefficient (Wildman–Crippen LogP) is 2.68. The number of benzene rings is 1. The van der Waals surface area contributed by atoms with Gasteiger partial charge in [0.05, 0.1) is 12.6 Å². The van der Waals surface area contributed by atoms with Crippen LogP contribution in [-0.4, -0.2) is 42.2 Å². The third kappa shape index (κ3) is 3.01. The minimum atomic E-state index is 0.209. The van der Waals surface area contributed by atoms with Gasteiger partial charge >= 0.3 is 0 Å². The first-order valence-corrected chi connectivity index (χ1v) is 7.63. The molecule has 0 bridgehead atoms. The molecule has 0 spiro atoms. The van der Waals surface area contributed by atoms with Crippen molar-refractivity contribution in [2.24, 2.45) is 0 Å². The van der Waals surface area contributed by atoms with Crippen LogP contribution in [0.2, 0.25) is 0 Å². The number of ether oxygens (including phenoxy) is 1. The predicted molar refractivity (Wildman–Crippen MR) is 82.1 cm³/mol. The van der Waals surface area contributed by atoms with Gasteiger partial charge in [-0.2, -0.15) is 0 Å². The van der Waals surface area contributed by atoms with Crippen LogP contribution in [-0.2, 0) is 9.53 Å². The maximum atomic E-state index is 12.3. The van der Waals surface area contributed by atoms with Crippen LogP contribution in [0.1, 0.15) is 31.2 Å². The lowest BCUT2D eigenvalue weighted by molar-refractivity contribution is -0.142. The molecule has 1 aromatic rings. The van der Waals surface area contributed by atoms with E-state index in [4.69, 9.17) is 4.74 Å². The van der Waals surface area contributed by atoms with Gasteiger partial charge in [0.1, 0.15) is 0 Å². The quantitative estimate of drug-likeness (QED) is 0.853. The van der Waals surface area contributed by atoms with E-state index in [-0.39, 0.29) is 5.91 Å². The number of carbonyl (C=O) groups excluding carboxylic acids is 1. The number of amides is 1. The summed E-state index contributed by atoms with van der Waals surface area (Å²) in [7, 11) is 1.73. The SMILES string of the molecule is COC[C@@H]1CCCN1N1C(=O)CC/C1=C\c1ccccc1. The Hall–Kier alpha value is -1.65. The van der Waals surface area contributed by atoms with Gasteiger partial charge in [-0.1, -0.05) is 30.3 Å². The monoisotopic (exact) mass is 286 g/mol. The van der Waals surface area contributed by atoms with Crippen molar-refractivity contribution < 1.29 is 9.53 Å². The van der Waals surface area contributed by atoms with Gasteiger partial charge in [-0.3, -0.25) is 4.79 Å². The number of methoxy groups -OCH3 is 1. The van der Waals surface area contributed by atoms with Crippen LogP contribution in [0.3, 0.4) is 0 Å². The summed E-state index contributed by atoms with van der Waals surface area (Å²) in [4.78, 5) is 12.3. The molecule has 2 saturated heterocycles. The lowest BCUT2D eigenvalue weighted by Gasteiger charge is -2.33. The van der Waals surface area contributed by atoms with Crippen molar-refractivity contribution >= 4 is 12.0 Å². The summed E-state index contributed by atoms with van der Waals surface area (Å²) >= 11 is 0. The molecule has 1 amide bonds. The van der Waals surface area contributed by atoms with E-state index >= 15 is 0 Å². The zero-order chi connectivity index (χ0) is 14.7. The van der Waals surface area contributed by atoms with Crippen molar-refractivity contribution in [1.29, 1.82) is 0 Å². The lowest BCUT2D eigenvalue weighted by atomic mass is 10.2. The molecule has 1 aromatic carbocycles. The lowest BCUT2D eigenvalue weighted by Crippen LogP contribution is -2.46. The van der Waals surface area contributed by atoms with Gasteiger partial charge in [-0.25, -0.2) is 10.0 Å². The van der Waals surface area contributed by atoms with Crippen molar-refractivity contribution in [3.63, 3.8) is 0 Å². The molecule has 0 unspecified atom stereocenters. The number of rotatable bonds is 4. The molecule has 2 heterocycles. The maximum Gasteiger partial charge on any atom is 0.241 e. The average molecular weight is 286 g/mol. The van der Waals surface area contributed by atoms with Crippen LogP contribution >= 0.6 is 0 Å². The molecular weight excluding hydrogens is 264 g/mol. The zero-order valence-corrected chi connectivity index (χ0v) is 12.5. The summed E-state index contributed by atoms with van der Waals surface area (Å²) in [5, 5.41) is 4.11. The van der Waals surface area contributed by atoms with Crippen LogP contribution in [0.25, 0.3) is 6.08 Å². The Bertz CT molecular complexity index is 527. The Morgan fingerprint density at radius 1 is 1.29 bits per heavy atom. The fraction of sp³-hybridized carbons (Fsp3) is 0.471. The summed E-state index contributed by atoms with van der Waals surface area (Å²) in [6.07, 6.45) is 5.78. The molecule has 0 aromatic heterocycles. The Kier molecular flexibility index (Phi) is 4.36. The molecule has 2 fully saturated rings. The highest BCUT2D eigenvalue weighted by Gasteiger charge is 2.37. The maximum absolute atomic E-state index is 12.3. The summed E-state index contributed by atoms with van der Waals surface area (Å²) in [5.74, 6) is 0.209. The van der Waals surface area contributed by atoms with E-state index in [1.165, 1.54) is 0 Å². The topological polar surface area (TPSA) is 32.8 Å². The van der Waals surface area contributed by atoms with Crippen molar-refractivity contribution in [3.05, 3.63) is 41.6 Å². The highest BCUT2D eigenvalue weighted by molar-refractivity contribution is 5.82. The summed E-state index contributed by atoms with van der Waals surface area (Å²) < 4.78 is 5.31. The first-order chi connectivity index (χ1) is 10.3. The minimum Gasteiger partial charge on any atom is -0.383 e. The number of hydrazine groups is 1. The van der Waals surface area contributed by atoms with Gasteiger partial charge in [0.15, 0.2) is 0 Å². The highest BCUT2D eigenvalue weighted by atomic mass is 16.5. The molecule has 112 valence electrons. The molecule has 2 aliphatic rings. The van der Waals surface area contributed by atoms with E-state index in [0.717, 1.165) is 37.1 Å². The number of hydrogen-bond acceptors (Lipinski definition) is 3. The van der Waals surface area contributed by atoms with Crippen molar-refractivity contribution in [1.82, 2.24) is 10.0 Å². The molecule has 0 radical (unpaired) electrons. The molecule has 21 heavy (non-hydrogen) atoms. The average Bonchev–Trinajstić information content (AvgIpc) is 3.07. The fourth-order valence-corrected chi connectivity index (χ4v) is 3.24. The first-order valence-electron chi connectivity index (χ1n) is 7.63. The van der Waals surface area contributed by atoms with E-state index in [1.807, 2.05) is 23.2 Å². The Balaban J connectivity index is 1.84. The number of carbonyl (C=O) groups is 1. The van der Waals surface area contributed by atoms with Crippen molar-refractivity contribution in [2.45, 2.75) is 31.7 Å². The van der Waals surface area contributed by atoms with E-state index in [9.17, 15) is 4.79 Å². The smallest absolute Gasteiger partial charge is 0.241 e. The van der Waals surface area contributed by atoms with E-state index in [2.05, 4.69) is 23.2 Å². The number of hydrogen-bond donors (Lipinski definition) is 0. The molecule has 3 rings (SSSR count). The van der Waals surface area contributed by atoms with E-state index in [1.54, 1.807) is 7.11 Å². The third-order valence-electron chi connectivity index (χ3n) is 4.20. The third-order valence-corrected chi connectivity index (χ3v) is 4.20. The molecule has 0 N–H and O–H groups in total. The number of allylic oxidation sites excluding steroid dienone is 1. The Morgan fingerprint density at radius 2 is 2.10 bits per heavy atom. The van der Waals surface area contributed by atoms with Crippen molar-refractivity contribution in [2.75, 3.05) is 20.3 Å². The number of nitrogens with zero attached hydrogens (tertiary/aromatic N) is 2. The van der Waals surface area contributed by atoms with Crippen LogP contribution in [0.15, 0.2) is 36.0 Å². The van der Waals surface area contributed by atoms with Crippen molar-refractivity contribution in [3.8, 4) is 0 Å². The second-order valence-electron chi connectivity index (χ2n) is 5.67. The summed E-state index contributed by atoms with van der Waals surface area (Å²) in [6, 6.07) is 10.5. The van der Waals surface area contributed by atoms with E-state index < -0.39 is 0 Å². The Morgan fingerprint density at radius 3 is 2.86 bits per heavy atom. The zero-order valence-electron chi connectivity index (χ0n) is 12.5. The van der Waals surface area contributed by atoms with Crippen LogP contribution in [0, 0.1) is 0 Å². The summed E-state index contributed by atoms with van der Waals surface area (Å²) in [6.45, 7) is 1.62. The van der Waals surface area contributed by atoms with Crippen LogP contribution in [0.5, 0.6) is 0 Å². The van der Waals surface area contributed by atoms with Gasteiger partial charge in [-0.15, -0.1) is 0 Å². The molecule has 2 aliphatic heterocycles. The molecule has 0 saturated carbocycles. The van der Waals surface area contributed by atoms with Gasteiger partial charge < -0.3 is 4.74 Å². The first kappa shape index (κ1) is 14.3. The fourth-order valence-electron chi connectivity index (χ4n) is 3.24. The second kappa shape index (κ2) is 6.41. The second-order valence-corrected chi connectivity index (χ2v) is 5.67. The Labute approximate surface area is 126 Å². The van der Waals surface area contributed by atoms with Gasteiger partial charge in [0.2, 0.25) is 5.91 Å². The van der Waals surface area contributed by atoms with Gasteiger partial charge in [0.25, 0.3) is 0 Å². The molecule has 0 aliphatic carbocycles. The molecular formula is C17H22N2O2. The minimum absolute atomic E-state index is 0.209. The van der Waals surface area contributed by atoms with E-state index in [0.29, 0.717) is 19.1 Å². The largest absolute Gasteiger partial charge is 0.383 e. The molecule has 1 atom stereocenters. The molecule has 4 heteroatoms. The standard InChI is InChI=1S/C17H22N2O2/c1-21-13-16-8-5-11-18(16)19-15(9-10-17(19)20)12-14-6-3-2-4-7-14/h2-4,6-7,12,16H,5,8-11,13H2,1H3/b15-12+/t16-/m0/s1. The normalized spacial score (nSPS) is 25.2. The highest BCUT2D eigenvalue weighted by Crippen LogP contribution is 2.31. The van der Waals surface area contributed by atoms with Gasteiger partial charge in [0, 0.05) is 25.8 Å². The summed E-state index contributed by atoms with van der Waals surface area (Å²) in [5.41, 5.74) is 2.25.